The molecule has 2 aromatic rings. The summed E-state index contributed by atoms with van der Waals surface area (Å²) in [7, 11) is 0. The summed E-state index contributed by atoms with van der Waals surface area (Å²) in [5, 5.41) is 10.1. The third-order valence-electron chi connectivity index (χ3n) is 3.49. The van der Waals surface area contributed by atoms with Crippen molar-refractivity contribution in [2.75, 3.05) is 18.4 Å². The van der Waals surface area contributed by atoms with Crippen LogP contribution >= 0.6 is 11.3 Å². The number of aromatic nitrogens is 1. The highest BCUT2D eigenvalue weighted by atomic mass is 32.1. The van der Waals surface area contributed by atoms with Crippen LogP contribution in [0.4, 0.5) is 5.13 Å². The molecule has 1 aliphatic rings. The van der Waals surface area contributed by atoms with Gasteiger partial charge in [-0.1, -0.05) is 36.8 Å². The van der Waals surface area contributed by atoms with Crippen molar-refractivity contribution in [1.82, 2.24) is 10.3 Å². The zero-order chi connectivity index (χ0) is 12.9. The van der Waals surface area contributed by atoms with E-state index in [4.69, 9.17) is 0 Å². The van der Waals surface area contributed by atoms with Gasteiger partial charge in [-0.05, 0) is 19.4 Å². The zero-order valence-corrected chi connectivity index (χ0v) is 11.7. The SMILES string of the molecule is c1ccc(-c2csc(NCC3CCCCN3)n2)cc1. The minimum Gasteiger partial charge on any atom is -0.360 e. The number of nitrogens with zero attached hydrogens (tertiary/aromatic N) is 1. The van der Waals surface area contributed by atoms with E-state index in [1.807, 2.05) is 18.2 Å². The second kappa shape index (κ2) is 6.17. The van der Waals surface area contributed by atoms with Gasteiger partial charge in [-0.15, -0.1) is 11.3 Å². The molecule has 4 heteroatoms. The number of hydrogen-bond acceptors (Lipinski definition) is 4. The lowest BCUT2D eigenvalue weighted by Gasteiger charge is -2.23. The third kappa shape index (κ3) is 3.33. The standard InChI is InChI=1S/C15H19N3S/c1-2-6-12(7-3-1)14-11-19-15(18-14)17-10-13-8-4-5-9-16-13/h1-3,6-7,11,13,16H,4-5,8-10H2,(H,17,18). The molecule has 1 aromatic heterocycles. The van der Waals surface area contributed by atoms with Crippen molar-refractivity contribution < 1.29 is 0 Å². The van der Waals surface area contributed by atoms with Crippen LogP contribution in [0.5, 0.6) is 0 Å². The minimum atomic E-state index is 0.595. The van der Waals surface area contributed by atoms with Crippen LogP contribution < -0.4 is 10.6 Å². The van der Waals surface area contributed by atoms with E-state index >= 15 is 0 Å². The number of nitrogens with one attached hydrogen (secondary N) is 2. The molecule has 0 saturated carbocycles. The van der Waals surface area contributed by atoms with E-state index < -0.39 is 0 Å². The molecule has 0 amide bonds. The average molecular weight is 273 g/mol. The summed E-state index contributed by atoms with van der Waals surface area (Å²) in [6.45, 7) is 2.13. The second-order valence-corrected chi connectivity index (χ2v) is 5.79. The summed E-state index contributed by atoms with van der Waals surface area (Å²) in [5.41, 5.74) is 2.24. The fraction of sp³-hybridized carbons (Fsp3) is 0.400. The molecule has 1 saturated heterocycles. The van der Waals surface area contributed by atoms with Gasteiger partial charge in [0.1, 0.15) is 0 Å². The molecule has 1 aliphatic heterocycles. The summed E-state index contributed by atoms with van der Waals surface area (Å²) < 4.78 is 0. The van der Waals surface area contributed by atoms with Crippen LogP contribution in [-0.2, 0) is 0 Å². The van der Waals surface area contributed by atoms with Gasteiger partial charge in [0, 0.05) is 23.5 Å². The van der Waals surface area contributed by atoms with Gasteiger partial charge < -0.3 is 10.6 Å². The summed E-state index contributed by atoms with van der Waals surface area (Å²) in [6.07, 6.45) is 3.92. The Bertz CT molecular complexity index is 503. The molecule has 1 fully saturated rings. The number of rotatable bonds is 4. The van der Waals surface area contributed by atoms with Crippen molar-refractivity contribution >= 4 is 16.5 Å². The van der Waals surface area contributed by atoms with E-state index in [1.165, 1.54) is 24.8 Å². The molecule has 0 radical (unpaired) electrons. The number of piperidine rings is 1. The highest BCUT2D eigenvalue weighted by Gasteiger charge is 2.12. The maximum absolute atomic E-state index is 4.64. The quantitative estimate of drug-likeness (QED) is 0.897. The van der Waals surface area contributed by atoms with Crippen molar-refractivity contribution in [3.63, 3.8) is 0 Å². The molecule has 19 heavy (non-hydrogen) atoms. The molecule has 0 spiro atoms. The van der Waals surface area contributed by atoms with Gasteiger partial charge in [-0.3, -0.25) is 0 Å². The maximum Gasteiger partial charge on any atom is 0.183 e. The normalized spacial score (nSPS) is 19.3. The van der Waals surface area contributed by atoms with E-state index in [1.54, 1.807) is 11.3 Å². The van der Waals surface area contributed by atoms with Crippen LogP contribution in [0.15, 0.2) is 35.7 Å². The smallest absolute Gasteiger partial charge is 0.183 e. The third-order valence-corrected chi connectivity index (χ3v) is 4.29. The first-order valence-electron chi connectivity index (χ1n) is 6.90. The Balaban J connectivity index is 1.59. The van der Waals surface area contributed by atoms with Gasteiger partial charge in [0.15, 0.2) is 5.13 Å². The monoisotopic (exact) mass is 273 g/mol. The molecule has 1 aromatic carbocycles. The van der Waals surface area contributed by atoms with Gasteiger partial charge >= 0.3 is 0 Å². The molecule has 2 N–H and O–H groups in total. The summed E-state index contributed by atoms with van der Waals surface area (Å²) in [5.74, 6) is 0. The molecular formula is C15H19N3S. The van der Waals surface area contributed by atoms with Crippen LogP contribution in [0, 0.1) is 0 Å². The van der Waals surface area contributed by atoms with Gasteiger partial charge in [0.2, 0.25) is 0 Å². The van der Waals surface area contributed by atoms with E-state index in [2.05, 4.69) is 33.1 Å². The van der Waals surface area contributed by atoms with Crippen molar-refractivity contribution in [1.29, 1.82) is 0 Å². The molecular weight excluding hydrogens is 254 g/mol. The summed E-state index contributed by atoms with van der Waals surface area (Å²) in [4.78, 5) is 4.64. The van der Waals surface area contributed by atoms with Crippen molar-refractivity contribution in [3.8, 4) is 11.3 Å². The Hall–Kier alpha value is -1.39. The highest BCUT2D eigenvalue weighted by Crippen LogP contribution is 2.24. The lowest BCUT2D eigenvalue weighted by Crippen LogP contribution is -2.39. The van der Waals surface area contributed by atoms with Crippen molar-refractivity contribution in [2.24, 2.45) is 0 Å². The highest BCUT2D eigenvalue weighted by molar-refractivity contribution is 7.14. The van der Waals surface area contributed by atoms with E-state index in [0.717, 1.165) is 23.9 Å². The molecule has 3 nitrogen and oxygen atoms in total. The van der Waals surface area contributed by atoms with Gasteiger partial charge in [0.05, 0.1) is 5.69 Å². The minimum absolute atomic E-state index is 0.595. The van der Waals surface area contributed by atoms with Crippen LogP contribution in [0.1, 0.15) is 19.3 Å². The maximum atomic E-state index is 4.64. The summed E-state index contributed by atoms with van der Waals surface area (Å²) in [6, 6.07) is 10.9. The zero-order valence-electron chi connectivity index (χ0n) is 10.9. The number of thiazole rings is 1. The first-order chi connectivity index (χ1) is 9.42. The number of hydrogen-bond donors (Lipinski definition) is 2. The van der Waals surface area contributed by atoms with Gasteiger partial charge in [0.25, 0.3) is 0 Å². The van der Waals surface area contributed by atoms with Gasteiger partial charge in [-0.2, -0.15) is 0 Å². The van der Waals surface area contributed by atoms with E-state index in [0.29, 0.717) is 6.04 Å². The molecule has 100 valence electrons. The predicted molar refractivity (Wildman–Crippen MR) is 81.7 cm³/mol. The average Bonchev–Trinajstić information content (AvgIpc) is 2.96. The van der Waals surface area contributed by atoms with Crippen molar-refractivity contribution in [2.45, 2.75) is 25.3 Å². The fourth-order valence-electron chi connectivity index (χ4n) is 2.41. The predicted octanol–water partition coefficient (Wildman–Crippen LogP) is 3.36. The van der Waals surface area contributed by atoms with Crippen LogP contribution in [-0.4, -0.2) is 24.1 Å². The van der Waals surface area contributed by atoms with Crippen molar-refractivity contribution in [3.05, 3.63) is 35.7 Å². The van der Waals surface area contributed by atoms with E-state index in [-0.39, 0.29) is 0 Å². The van der Waals surface area contributed by atoms with E-state index in [9.17, 15) is 0 Å². The fourth-order valence-corrected chi connectivity index (χ4v) is 3.13. The lowest BCUT2D eigenvalue weighted by atomic mass is 10.1. The molecule has 0 aliphatic carbocycles. The largest absolute Gasteiger partial charge is 0.360 e. The second-order valence-electron chi connectivity index (χ2n) is 4.93. The Morgan fingerprint density at radius 1 is 1.26 bits per heavy atom. The topological polar surface area (TPSA) is 37.0 Å². The van der Waals surface area contributed by atoms with Crippen LogP contribution in [0.25, 0.3) is 11.3 Å². The Morgan fingerprint density at radius 3 is 2.95 bits per heavy atom. The first-order valence-corrected chi connectivity index (χ1v) is 7.78. The molecule has 1 atom stereocenters. The Labute approximate surface area is 118 Å². The molecule has 0 bridgehead atoms. The number of anilines is 1. The first kappa shape index (κ1) is 12.6. The Kier molecular flexibility index (Phi) is 4.10. The number of benzene rings is 1. The molecule has 1 unspecified atom stereocenters. The molecule has 3 rings (SSSR count). The van der Waals surface area contributed by atoms with Crippen LogP contribution in [0.2, 0.25) is 0 Å². The molecule has 2 heterocycles. The van der Waals surface area contributed by atoms with Gasteiger partial charge in [-0.25, -0.2) is 4.98 Å². The lowest BCUT2D eigenvalue weighted by molar-refractivity contribution is 0.414. The summed E-state index contributed by atoms with van der Waals surface area (Å²) >= 11 is 1.68. The Morgan fingerprint density at radius 2 is 2.16 bits per heavy atom. The van der Waals surface area contributed by atoms with Crippen LogP contribution in [0.3, 0.4) is 0 Å².